The van der Waals surface area contributed by atoms with Crippen LogP contribution < -0.4 is 5.32 Å². The number of nitrogens with one attached hydrogen (secondary N) is 1. The van der Waals surface area contributed by atoms with E-state index in [2.05, 4.69) is 51.2 Å². The summed E-state index contributed by atoms with van der Waals surface area (Å²) in [6.07, 6.45) is 15.9. The monoisotopic (exact) mass is 415 g/mol. The van der Waals surface area contributed by atoms with Crippen LogP contribution in [0.25, 0.3) is 0 Å². The van der Waals surface area contributed by atoms with Crippen LogP contribution >= 0.6 is 0 Å². The zero-order valence-electron chi connectivity index (χ0n) is 19.0. The predicted molar refractivity (Wildman–Crippen MR) is 122 cm³/mol. The highest BCUT2D eigenvalue weighted by Gasteiger charge is 2.26. The average molecular weight is 416 g/mol. The molecule has 0 amide bonds. The average Bonchev–Trinajstić information content (AvgIpc) is 2.63. The number of allylic oxidation sites excluding steroid dienone is 9. The van der Waals surface area contributed by atoms with Gasteiger partial charge in [0.1, 0.15) is 6.04 Å². The van der Waals surface area contributed by atoms with Crippen LogP contribution in [0, 0.1) is 5.41 Å². The standard InChI is InChI=1S/C25H37NO4/c1-18(11-12-21-20(3)10-7-16-25(21,4)5)8-6-9-19(2)15-17-26-22(24(29)30)13-14-23(27)28/h6,8-9,11-12,15,22,26H,7,10,13-14,16-17H2,1-5H3,(H,27,28)(H,29,30)/b9-6+,12-11+,18-8+,19-15+. The number of hydrogen-bond acceptors (Lipinski definition) is 3. The van der Waals surface area contributed by atoms with Crippen molar-refractivity contribution >= 4 is 11.9 Å². The molecule has 1 aliphatic rings. The van der Waals surface area contributed by atoms with Crippen LogP contribution in [0.2, 0.25) is 0 Å². The Hall–Kier alpha value is -2.40. The molecule has 5 nitrogen and oxygen atoms in total. The number of carboxylic acids is 2. The van der Waals surface area contributed by atoms with E-state index in [1.165, 1.54) is 36.0 Å². The summed E-state index contributed by atoms with van der Waals surface area (Å²) in [4.78, 5) is 21.8. The molecule has 0 aromatic heterocycles. The highest BCUT2D eigenvalue weighted by atomic mass is 16.4. The SMILES string of the molecule is CC1=C(/C=C/C(C)=C/C=C/C(C)=C/CNC(CCC(=O)O)C(=O)O)C(C)(C)CCC1. The zero-order valence-corrected chi connectivity index (χ0v) is 19.0. The first-order chi connectivity index (χ1) is 14.0. The maximum absolute atomic E-state index is 11.2. The molecule has 5 heteroatoms. The second-order valence-electron chi connectivity index (χ2n) is 8.71. The lowest BCUT2D eigenvalue weighted by Crippen LogP contribution is -2.37. The molecule has 0 aromatic carbocycles. The van der Waals surface area contributed by atoms with Crippen molar-refractivity contribution in [2.24, 2.45) is 5.41 Å². The Morgan fingerprint density at radius 1 is 1.17 bits per heavy atom. The summed E-state index contributed by atoms with van der Waals surface area (Å²) in [6, 6.07) is -0.858. The topological polar surface area (TPSA) is 86.6 Å². The van der Waals surface area contributed by atoms with Crippen LogP contribution in [0.3, 0.4) is 0 Å². The minimum atomic E-state index is -1.03. The third-order valence-corrected chi connectivity index (χ3v) is 5.51. The third kappa shape index (κ3) is 9.40. The minimum Gasteiger partial charge on any atom is -0.481 e. The first kappa shape index (κ1) is 25.6. The summed E-state index contributed by atoms with van der Waals surface area (Å²) >= 11 is 0. The van der Waals surface area contributed by atoms with E-state index in [0.29, 0.717) is 6.54 Å². The number of hydrogen-bond donors (Lipinski definition) is 3. The smallest absolute Gasteiger partial charge is 0.320 e. The highest BCUT2D eigenvalue weighted by molar-refractivity contribution is 5.75. The highest BCUT2D eigenvalue weighted by Crippen LogP contribution is 2.40. The van der Waals surface area contributed by atoms with Gasteiger partial charge in [0.2, 0.25) is 0 Å². The Morgan fingerprint density at radius 2 is 1.87 bits per heavy atom. The number of rotatable bonds is 11. The molecule has 0 aromatic rings. The van der Waals surface area contributed by atoms with Crippen LogP contribution in [0.15, 0.2) is 58.7 Å². The summed E-state index contributed by atoms with van der Waals surface area (Å²) < 4.78 is 0. The fraction of sp³-hybridized carbons (Fsp3) is 0.520. The van der Waals surface area contributed by atoms with E-state index in [1.54, 1.807) is 0 Å². The van der Waals surface area contributed by atoms with Crippen LogP contribution in [-0.4, -0.2) is 34.7 Å². The molecule has 0 spiro atoms. The molecule has 0 saturated carbocycles. The normalized spacial score (nSPS) is 19.0. The Labute approximate surface area is 181 Å². The van der Waals surface area contributed by atoms with Gasteiger partial charge in [-0.1, -0.05) is 67.0 Å². The molecule has 1 aliphatic carbocycles. The van der Waals surface area contributed by atoms with E-state index in [4.69, 9.17) is 10.2 Å². The number of carbonyl (C=O) groups is 2. The van der Waals surface area contributed by atoms with Crippen molar-refractivity contribution in [2.75, 3.05) is 6.54 Å². The molecule has 30 heavy (non-hydrogen) atoms. The predicted octanol–water partition coefficient (Wildman–Crippen LogP) is 5.43. The van der Waals surface area contributed by atoms with Crippen molar-refractivity contribution in [2.45, 2.75) is 72.8 Å². The molecule has 1 unspecified atom stereocenters. The van der Waals surface area contributed by atoms with Gasteiger partial charge in [-0.15, -0.1) is 0 Å². The van der Waals surface area contributed by atoms with Gasteiger partial charge >= 0.3 is 11.9 Å². The summed E-state index contributed by atoms with van der Waals surface area (Å²) in [6.45, 7) is 11.3. The summed E-state index contributed by atoms with van der Waals surface area (Å²) in [5.41, 5.74) is 5.34. The van der Waals surface area contributed by atoms with Gasteiger partial charge in [0.05, 0.1) is 0 Å². The summed E-state index contributed by atoms with van der Waals surface area (Å²) in [5.74, 6) is -2.03. The van der Waals surface area contributed by atoms with Gasteiger partial charge in [-0.2, -0.15) is 0 Å². The Bertz CT molecular complexity index is 766. The first-order valence-corrected chi connectivity index (χ1v) is 10.6. The van der Waals surface area contributed by atoms with Gasteiger partial charge in [-0.05, 0) is 57.4 Å². The van der Waals surface area contributed by atoms with Crippen LogP contribution in [-0.2, 0) is 9.59 Å². The van der Waals surface area contributed by atoms with Crippen molar-refractivity contribution in [3.8, 4) is 0 Å². The summed E-state index contributed by atoms with van der Waals surface area (Å²) in [5, 5.41) is 20.7. The molecule has 3 N–H and O–H groups in total. The van der Waals surface area contributed by atoms with Gasteiger partial charge < -0.3 is 15.5 Å². The van der Waals surface area contributed by atoms with Gasteiger partial charge in [-0.25, -0.2) is 0 Å². The Morgan fingerprint density at radius 3 is 2.47 bits per heavy atom. The van der Waals surface area contributed by atoms with Crippen LogP contribution in [0.1, 0.15) is 66.7 Å². The molecule has 0 fully saturated rings. The van der Waals surface area contributed by atoms with Crippen molar-refractivity contribution in [1.29, 1.82) is 0 Å². The molecular formula is C25H37NO4. The molecule has 0 saturated heterocycles. The number of carboxylic acid groups (broad SMARTS) is 2. The van der Waals surface area contributed by atoms with E-state index in [9.17, 15) is 9.59 Å². The maximum Gasteiger partial charge on any atom is 0.320 e. The molecule has 1 rings (SSSR count). The second kappa shape index (κ2) is 12.3. The van der Waals surface area contributed by atoms with Crippen molar-refractivity contribution in [3.05, 3.63) is 58.7 Å². The molecule has 0 aliphatic heterocycles. The summed E-state index contributed by atoms with van der Waals surface area (Å²) in [7, 11) is 0. The molecule has 0 radical (unpaired) electrons. The lowest BCUT2D eigenvalue weighted by Gasteiger charge is -2.32. The Balaban J connectivity index is 2.61. The zero-order chi connectivity index (χ0) is 22.7. The van der Waals surface area contributed by atoms with E-state index in [0.717, 1.165) is 5.57 Å². The number of aliphatic carboxylic acids is 2. The molecule has 0 bridgehead atoms. The maximum atomic E-state index is 11.2. The molecule has 166 valence electrons. The van der Waals surface area contributed by atoms with Crippen LogP contribution in [0.5, 0.6) is 0 Å². The third-order valence-electron chi connectivity index (χ3n) is 5.51. The molecule has 0 heterocycles. The lowest BCUT2D eigenvalue weighted by molar-refractivity contribution is -0.140. The molecular weight excluding hydrogens is 378 g/mol. The largest absolute Gasteiger partial charge is 0.481 e. The second-order valence-corrected chi connectivity index (χ2v) is 8.71. The molecule has 1 atom stereocenters. The van der Waals surface area contributed by atoms with Gasteiger partial charge in [0.15, 0.2) is 0 Å². The van der Waals surface area contributed by atoms with E-state index in [-0.39, 0.29) is 18.3 Å². The fourth-order valence-corrected chi connectivity index (χ4v) is 3.64. The van der Waals surface area contributed by atoms with E-state index < -0.39 is 18.0 Å². The van der Waals surface area contributed by atoms with Crippen molar-refractivity contribution < 1.29 is 19.8 Å². The Kier molecular flexibility index (Phi) is 10.5. The first-order valence-electron chi connectivity index (χ1n) is 10.6. The van der Waals surface area contributed by atoms with Gasteiger partial charge in [0.25, 0.3) is 0 Å². The van der Waals surface area contributed by atoms with Crippen molar-refractivity contribution in [1.82, 2.24) is 5.32 Å². The fourth-order valence-electron chi connectivity index (χ4n) is 3.64. The van der Waals surface area contributed by atoms with Crippen molar-refractivity contribution in [3.63, 3.8) is 0 Å². The minimum absolute atomic E-state index is 0.0639. The van der Waals surface area contributed by atoms with Gasteiger partial charge in [0, 0.05) is 13.0 Å². The quantitative estimate of drug-likeness (QED) is 0.392. The van der Waals surface area contributed by atoms with Gasteiger partial charge in [-0.3, -0.25) is 9.59 Å². The van der Waals surface area contributed by atoms with E-state index >= 15 is 0 Å². The van der Waals surface area contributed by atoms with Crippen LogP contribution in [0.4, 0.5) is 0 Å². The lowest BCUT2D eigenvalue weighted by atomic mass is 9.72. The van der Waals surface area contributed by atoms with E-state index in [1.807, 2.05) is 25.2 Å².